The molecule has 0 radical (unpaired) electrons. The first-order chi connectivity index (χ1) is 6.83. The van der Waals surface area contributed by atoms with Crippen LogP contribution in [0.5, 0.6) is 0 Å². The summed E-state index contributed by atoms with van der Waals surface area (Å²) in [6, 6.07) is 0. The molecule has 1 aliphatic heterocycles. The summed E-state index contributed by atoms with van der Waals surface area (Å²) in [5, 5.41) is 16.2. The van der Waals surface area contributed by atoms with Crippen LogP contribution in [0, 0.1) is 16.7 Å². The maximum Gasteiger partial charge on any atom is 0.407 e. The van der Waals surface area contributed by atoms with E-state index in [1.165, 1.54) is 4.90 Å². The number of amidine groups is 1. The van der Waals surface area contributed by atoms with E-state index in [2.05, 4.69) is 0 Å². The van der Waals surface area contributed by atoms with E-state index >= 15 is 0 Å². The molecule has 4 N–H and O–H groups in total. The van der Waals surface area contributed by atoms with Crippen LogP contribution in [-0.4, -0.2) is 35.0 Å². The number of carbonyl (C=O) groups is 1. The number of nitrogens with two attached hydrogens (primary N) is 1. The summed E-state index contributed by atoms with van der Waals surface area (Å²) in [6.07, 6.45) is 0.503. The summed E-state index contributed by atoms with van der Waals surface area (Å²) in [6.45, 7) is 5.16. The zero-order chi connectivity index (χ0) is 11.6. The molecule has 0 aromatic carbocycles. The highest BCUT2D eigenvalue weighted by molar-refractivity contribution is 5.77. The second-order valence-electron chi connectivity index (χ2n) is 4.91. The van der Waals surface area contributed by atoms with Crippen molar-refractivity contribution < 1.29 is 9.90 Å². The minimum absolute atomic E-state index is 0.0949. The van der Waals surface area contributed by atoms with Gasteiger partial charge in [-0.3, -0.25) is 5.41 Å². The monoisotopic (exact) mass is 213 g/mol. The predicted molar refractivity (Wildman–Crippen MR) is 58.0 cm³/mol. The third kappa shape index (κ3) is 2.84. The van der Waals surface area contributed by atoms with Gasteiger partial charge in [0.25, 0.3) is 0 Å². The second kappa shape index (κ2) is 4.08. The van der Waals surface area contributed by atoms with Crippen molar-refractivity contribution in [3.8, 4) is 0 Å². The van der Waals surface area contributed by atoms with E-state index in [1.807, 2.05) is 13.8 Å². The number of rotatable bonds is 2. The summed E-state index contributed by atoms with van der Waals surface area (Å²) in [5.74, 6) is 0.502. The summed E-state index contributed by atoms with van der Waals surface area (Å²) in [5.41, 5.74) is 5.30. The van der Waals surface area contributed by atoms with Crippen LogP contribution in [0.2, 0.25) is 0 Å². The first-order valence-corrected chi connectivity index (χ1v) is 5.13. The number of piperidine rings is 1. The highest BCUT2D eigenvalue weighted by Gasteiger charge is 2.37. The fourth-order valence-electron chi connectivity index (χ4n) is 2.21. The van der Waals surface area contributed by atoms with Crippen molar-refractivity contribution in [2.75, 3.05) is 13.1 Å². The van der Waals surface area contributed by atoms with Gasteiger partial charge in [0.15, 0.2) is 0 Å². The molecule has 0 spiro atoms. The standard InChI is InChI=1S/C10H19N3O2/c1-10(2)6-13(9(14)15)4-3-7(10)5-8(11)12/h7H,3-6H2,1-2H3,(H3,11,12)(H,14,15). The van der Waals surface area contributed by atoms with Gasteiger partial charge in [0.05, 0.1) is 5.84 Å². The number of nitrogens with one attached hydrogen (secondary N) is 1. The van der Waals surface area contributed by atoms with Crippen LogP contribution in [0.3, 0.4) is 0 Å². The van der Waals surface area contributed by atoms with Crippen molar-refractivity contribution in [3.05, 3.63) is 0 Å². The lowest BCUT2D eigenvalue weighted by atomic mass is 9.72. The van der Waals surface area contributed by atoms with Crippen molar-refractivity contribution in [2.24, 2.45) is 17.1 Å². The third-order valence-electron chi connectivity index (χ3n) is 3.19. The Morgan fingerprint density at radius 2 is 2.27 bits per heavy atom. The fourth-order valence-corrected chi connectivity index (χ4v) is 2.21. The molecule has 0 aromatic heterocycles. The van der Waals surface area contributed by atoms with Gasteiger partial charge >= 0.3 is 6.09 Å². The van der Waals surface area contributed by atoms with Gasteiger partial charge in [0, 0.05) is 19.5 Å². The van der Waals surface area contributed by atoms with Gasteiger partial charge in [-0.1, -0.05) is 13.8 Å². The Morgan fingerprint density at radius 3 is 2.67 bits per heavy atom. The molecule has 0 aliphatic carbocycles. The maximum absolute atomic E-state index is 10.8. The Balaban J connectivity index is 2.66. The van der Waals surface area contributed by atoms with Gasteiger partial charge in [-0.05, 0) is 17.8 Å². The van der Waals surface area contributed by atoms with Crippen molar-refractivity contribution in [2.45, 2.75) is 26.7 Å². The molecule has 86 valence electrons. The molecule has 1 fully saturated rings. The average Bonchev–Trinajstić information content (AvgIpc) is 2.07. The summed E-state index contributed by atoms with van der Waals surface area (Å²) in [4.78, 5) is 12.3. The lowest BCUT2D eigenvalue weighted by molar-refractivity contribution is 0.0562. The van der Waals surface area contributed by atoms with Crippen LogP contribution in [0.15, 0.2) is 0 Å². The molecule has 1 amide bonds. The normalized spacial score (nSPS) is 24.9. The van der Waals surface area contributed by atoms with Gasteiger partial charge < -0.3 is 15.7 Å². The molecule has 1 heterocycles. The minimum Gasteiger partial charge on any atom is -0.465 e. The number of hydrogen-bond acceptors (Lipinski definition) is 2. The molecular formula is C10H19N3O2. The molecule has 1 unspecified atom stereocenters. The number of nitrogens with zero attached hydrogens (tertiary/aromatic N) is 1. The predicted octanol–water partition coefficient (Wildman–Crippen LogP) is 1.34. The van der Waals surface area contributed by atoms with Gasteiger partial charge in [-0.25, -0.2) is 4.79 Å². The molecule has 0 saturated carbocycles. The van der Waals surface area contributed by atoms with Gasteiger partial charge in [0.2, 0.25) is 0 Å². The molecule has 15 heavy (non-hydrogen) atoms. The van der Waals surface area contributed by atoms with E-state index in [0.717, 1.165) is 6.42 Å². The lowest BCUT2D eigenvalue weighted by Gasteiger charge is -2.43. The van der Waals surface area contributed by atoms with Crippen molar-refractivity contribution in [1.29, 1.82) is 5.41 Å². The Labute approximate surface area is 89.8 Å². The molecule has 1 aliphatic rings. The minimum atomic E-state index is -0.857. The molecule has 0 bridgehead atoms. The van der Waals surface area contributed by atoms with E-state index in [9.17, 15) is 4.79 Å². The van der Waals surface area contributed by atoms with Crippen LogP contribution in [0.1, 0.15) is 26.7 Å². The largest absolute Gasteiger partial charge is 0.465 e. The first kappa shape index (κ1) is 11.8. The van der Waals surface area contributed by atoms with Crippen LogP contribution in [-0.2, 0) is 0 Å². The summed E-state index contributed by atoms with van der Waals surface area (Å²) in [7, 11) is 0. The highest BCUT2D eigenvalue weighted by Crippen LogP contribution is 2.36. The van der Waals surface area contributed by atoms with E-state index in [0.29, 0.717) is 25.4 Å². The number of likely N-dealkylation sites (tertiary alicyclic amines) is 1. The SMILES string of the molecule is CC1(C)CN(C(=O)O)CCC1CC(=N)N. The van der Waals surface area contributed by atoms with Crippen LogP contribution in [0.25, 0.3) is 0 Å². The summed E-state index contributed by atoms with van der Waals surface area (Å²) < 4.78 is 0. The lowest BCUT2D eigenvalue weighted by Crippen LogP contribution is -2.48. The molecular weight excluding hydrogens is 194 g/mol. The van der Waals surface area contributed by atoms with E-state index in [1.54, 1.807) is 0 Å². The van der Waals surface area contributed by atoms with Crippen molar-refractivity contribution >= 4 is 11.9 Å². The Kier molecular flexibility index (Phi) is 3.21. The highest BCUT2D eigenvalue weighted by atomic mass is 16.4. The maximum atomic E-state index is 10.8. The molecule has 1 saturated heterocycles. The molecule has 1 rings (SSSR count). The number of amides is 1. The van der Waals surface area contributed by atoms with Crippen LogP contribution in [0.4, 0.5) is 4.79 Å². The van der Waals surface area contributed by atoms with E-state index in [-0.39, 0.29) is 11.3 Å². The van der Waals surface area contributed by atoms with E-state index < -0.39 is 6.09 Å². The fraction of sp³-hybridized carbons (Fsp3) is 0.800. The van der Waals surface area contributed by atoms with Crippen LogP contribution >= 0.6 is 0 Å². The zero-order valence-corrected chi connectivity index (χ0v) is 9.29. The van der Waals surface area contributed by atoms with Crippen LogP contribution < -0.4 is 5.73 Å². The Morgan fingerprint density at radius 1 is 1.67 bits per heavy atom. The smallest absolute Gasteiger partial charge is 0.407 e. The molecule has 1 atom stereocenters. The van der Waals surface area contributed by atoms with Gasteiger partial charge in [0.1, 0.15) is 0 Å². The Hall–Kier alpha value is -1.26. The molecule has 5 heteroatoms. The van der Waals surface area contributed by atoms with Gasteiger partial charge in [-0.2, -0.15) is 0 Å². The summed E-state index contributed by atoms with van der Waals surface area (Å²) >= 11 is 0. The quantitative estimate of drug-likeness (QED) is 0.477. The average molecular weight is 213 g/mol. The van der Waals surface area contributed by atoms with Crippen molar-refractivity contribution in [3.63, 3.8) is 0 Å². The van der Waals surface area contributed by atoms with Crippen molar-refractivity contribution in [1.82, 2.24) is 4.90 Å². The number of hydrogen-bond donors (Lipinski definition) is 3. The first-order valence-electron chi connectivity index (χ1n) is 5.13. The Bertz CT molecular complexity index is 276. The second-order valence-corrected chi connectivity index (χ2v) is 4.91. The molecule has 0 aromatic rings. The van der Waals surface area contributed by atoms with E-state index in [4.69, 9.17) is 16.2 Å². The number of carboxylic acid groups (broad SMARTS) is 1. The third-order valence-corrected chi connectivity index (χ3v) is 3.19. The molecule has 5 nitrogen and oxygen atoms in total. The zero-order valence-electron chi connectivity index (χ0n) is 9.29. The van der Waals surface area contributed by atoms with Gasteiger partial charge in [-0.15, -0.1) is 0 Å². The topological polar surface area (TPSA) is 90.4 Å².